The Morgan fingerprint density at radius 2 is 1.87 bits per heavy atom. The van der Waals surface area contributed by atoms with Crippen LogP contribution in [-0.2, 0) is 9.59 Å². The summed E-state index contributed by atoms with van der Waals surface area (Å²) in [4.78, 5) is 32.2. The van der Waals surface area contributed by atoms with E-state index in [0.29, 0.717) is 17.8 Å². The van der Waals surface area contributed by atoms with Gasteiger partial charge in [0.05, 0.1) is 17.5 Å². The molecule has 0 aliphatic carbocycles. The van der Waals surface area contributed by atoms with Crippen molar-refractivity contribution in [3.05, 3.63) is 48.3 Å². The van der Waals surface area contributed by atoms with Crippen LogP contribution in [0.4, 0.5) is 11.4 Å². The third-order valence-corrected chi connectivity index (χ3v) is 5.52. The minimum Gasteiger partial charge on any atom is -0.491 e. The minimum absolute atomic E-state index is 0.148. The maximum absolute atomic E-state index is 13.0. The van der Waals surface area contributed by atoms with Gasteiger partial charge in [-0.3, -0.25) is 19.5 Å². The Morgan fingerprint density at radius 1 is 1.19 bits per heavy atom. The number of anilines is 2. The number of aryl methyl sites for hydroxylation is 1. The molecule has 0 atom stereocenters. The molecule has 1 N–H and O–H groups in total. The molecule has 3 rings (SSSR count). The molecule has 166 valence electrons. The van der Waals surface area contributed by atoms with Gasteiger partial charge in [0.2, 0.25) is 5.91 Å². The van der Waals surface area contributed by atoms with Gasteiger partial charge >= 0.3 is 5.97 Å². The number of ether oxygens (including phenoxy) is 1. The summed E-state index contributed by atoms with van der Waals surface area (Å²) in [7, 11) is 0. The molecule has 2 heterocycles. The van der Waals surface area contributed by atoms with Crippen LogP contribution in [0.2, 0.25) is 0 Å². The lowest BCUT2D eigenvalue weighted by Crippen LogP contribution is -2.39. The summed E-state index contributed by atoms with van der Waals surface area (Å²) in [6, 6.07) is 11.6. The molecule has 0 bridgehead atoms. The number of carbonyl (C=O) groups is 2. The molecule has 7 nitrogen and oxygen atoms in total. The highest BCUT2D eigenvalue weighted by Gasteiger charge is 2.26. The van der Waals surface area contributed by atoms with Crippen molar-refractivity contribution in [2.75, 3.05) is 29.4 Å². The van der Waals surface area contributed by atoms with Crippen LogP contribution in [0, 0.1) is 12.8 Å². The molecule has 0 radical (unpaired) electrons. The monoisotopic (exact) mass is 425 g/mol. The van der Waals surface area contributed by atoms with Crippen molar-refractivity contribution in [2.45, 2.75) is 46.1 Å². The van der Waals surface area contributed by atoms with Crippen molar-refractivity contribution in [3.8, 4) is 5.75 Å². The van der Waals surface area contributed by atoms with Crippen LogP contribution >= 0.6 is 0 Å². The van der Waals surface area contributed by atoms with Crippen LogP contribution in [0.1, 0.15) is 38.8 Å². The number of aromatic nitrogens is 1. The van der Waals surface area contributed by atoms with E-state index in [1.54, 1.807) is 25.3 Å². The Morgan fingerprint density at radius 3 is 2.45 bits per heavy atom. The molecule has 0 saturated carbocycles. The summed E-state index contributed by atoms with van der Waals surface area (Å²) in [5.41, 5.74) is 2.37. The molecule has 0 spiro atoms. The van der Waals surface area contributed by atoms with Gasteiger partial charge < -0.3 is 14.7 Å². The number of amides is 1. The lowest BCUT2D eigenvalue weighted by molar-refractivity contribution is -0.136. The molecule has 1 amide bonds. The predicted molar refractivity (Wildman–Crippen MR) is 121 cm³/mol. The summed E-state index contributed by atoms with van der Waals surface area (Å²) in [6.07, 6.45) is 3.91. The normalized spacial score (nSPS) is 14.5. The zero-order valence-corrected chi connectivity index (χ0v) is 18.5. The fourth-order valence-electron chi connectivity index (χ4n) is 3.96. The summed E-state index contributed by atoms with van der Waals surface area (Å²) in [6.45, 7) is 7.18. The Bertz CT molecular complexity index is 890. The smallest absolute Gasteiger partial charge is 0.323 e. The molecule has 1 aromatic carbocycles. The van der Waals surface area contributed by atoms with Crippen LogP contribution in [0.25, 0.3) is 0 Å². The van der Waals surface area contributed by atoms with Gasteiger partial charge in [-0.15, -0.1) is 0 Å². The van der Waals surface area contributed by atoms with E-state index in [1.807, 2.05) is 26.0 Å². The first-order valence-corrected chi connectivity index (χ1v) is 10.8. The Balaban J connectivity index is 1.58. The lowest BCUT2D eigenvalue weighted by Gasteiger charge is -2.34. The van der Waals surface area contributed by atoms with Crippen LogP contribution in [-0.4, -0.2) is 47.7 Å². The number of aliphatic carboxylic acids is 1. The molecular formula is C24H31N3O4. The maximum atomic E-state index is 13.0. The molecule has 1 aliphatic heterocycles. The summed E-state index contributed by atoms with van der Waals surface area (Å²) < 4.78 is 5.71. The third kappa shape index (κ3) is 6.20. The predicted octanol–water partition coefficient (Wildman–Crippen LogP) is 3.90. The van der Waals surface area contributed by atoms with Gasteiger partial charge in [-0.2, -0.15) is 0 Å². The van der Waals surface area contributed by atoms with Crippen molar-refractivity contribution in [1.82, 2.24) is 4.98 Å². The van der Waals surface area contributed by atoms with E-state index in [-0.39, 0.29) is 24.5 Å². The van der Waals surface area contributed by atoms with E-state index < -0.39 is 5.97 Å². The van der Waals surface area contributed by atoms with Gasteiger partial charge in [0, 0.05) is 31.4 Å². The van der Waals surface area contributed by atoms with E-state index >= 15 is 0 Å². The fourth-order valence-corrected chi connectivity index (χ4v) is 3.96. The molecule has 1 aliphatic rings. The highest BCUT2D eigenvalue weighted by Crippen LogP contribution is 2.28. The summed E-state index contributed by atoms with van der Waals surface area (Å²) >= 11 is 0. The number of carboxylic acid groups (broad SMARTS) is 1. The van der Waals surface area contributed by atoms with Crippen molar-refractivity contribution in [3.63, 3.8) is 0 Å². The molecule has 1 saturated heterocycles. The van der Waals surface area contributed by atoms with Crippen LogP contribution < -0.4 is 14.5 Å². The largest absolute Gasteiger partial charge is 0.491 e. The number of nitrogens with zero attached hydrogens (tertiary/aromatic N) is 3. The van der Waals surface area contributed by atoms with E-state index in [9.17, 15) is 14.7 Å². The number of pyridine rings is 1. The number of carbonyl (C=O) groups excluding carboxylic acids is 1. The molecular weight excluding hydrogens is 394 g/mol. The number of hydrogen-bond donors (Lipinski definition) is 1. The van der Waals surface area contributed by atoms with Gasteiger partial charge in [-0.25, -0.2) is 0 Å². The Labute approximate surface area is 183 Å². The SMILES string of the molecule is Cc1ncccc1N(CC(=O)O)C(=O)CC1CCN(c2ccc(OC(C)C)cc2)CC1. The van der Waals surface area contributed by atoms with E-state index in [4.69, 9.17) is 4.74 Å². The summed E-state index contributed by atoms with van der Waals surface area (Å²) in [5.74, 6) is -0.0903. The molecule has 7 heteroatoms. The first-order chi connectivity index (χ1) is 14.8. The standard InChI is InChI=1S/C24H31N3O4/c1-17(2)31-21-8-6-20(7-9-21)26-13-10-19(11-14-26)15-23(28)27(16-24(29)30)22-5-4-12-25-18(22)3/h4-9,12,17,19H,10-11,13-16H2,1-3H3,(H,29,30). The van der Waals surface area contributed by atoms with E-state index in [2.05, 4.69) is 22.0 Å². The number of rotatable bonds is 8. The van der Waals surface area contributed by atoms with E-state index in [1.165, 1.54) is 4.90 Å². The molecule has 1 aromatic heterocycles. The average Bonchev–Trinajstić information content (AvgIpc) is 2.73. The van der Waals surface area contributed by atoms with E-state index in [0.717, 1.165) is 37.4 Å². The van der Waals surface area contributed by atoms with Crippen LogP contribution in [0.5, 0.6) is 5.75 Å². The zero-order valence-electron chi connectivity index (χ0n) is 18.5. The zero-order chi connectivity index (χ0) is 22.4. The highest BCUT2D eigenvalue weighted by molar-refractivity contribution is 5.97. The van der Waals surface area contributed by atoms with Gasteiger partial charge in [-0.05, 0) is 75.9 Å². The van der Waals surface area contributed by atoms with Crippen molar-refractivity contribution in [1.29, 1.82) is 0 Å². The Kier molecular flexibility index (Phi) is 7.50. The fraction of sp³-hybridized carbons (Fsp3) is 0.458. The molecule has 2 aromatic rings. The number of piperidine rings is 1. The minimum atomic E-state index is -1.03. The maximum Gasteiger partial charge on any atom is 0.323 e. The van der Waals surface area contributed by atoms with Crippen molar-refractivity contribution < 1.29 is 19.4 Å². The van der Waals surface area contributed by atoms with Crippen molar-refractivity contribution in [2.24, 2.45) is 5.92 Å². The molecule has 31 heavy (non-hydrogen) atoms. The topological polar surface area (TPSA) is 83.0 Å². The van der Waals surface area contributed by atoms with Gasteiger partial charge in [0.1, 0.15) is 12.3 Å². The van der Waals surface area contributed by atoms with Crippen LogP contribution in [0.3, 0.4) is 0 Å². The van der Waals surface area contributed by atoms with Gasteiger partial charge in [0.15, 0.2) is 0 Å². The lowest BCUT2D eigenvalue weighted by atomic mass is 9.92. The number of hydrogen-bond acceptors (Lipinski definition) is 5. The second-order valence-electron chi connectivity index (χ2n) is 8.28. The summed E-state index contributed by atoms with van der Waals surface area (Å²) in [5, 5.41) is 9.29. The van der Waals surface area contributed by atoms with Crippen LogP contribution in [0.15, 0.2) is 42.6 Å². The molecule has 1 fully saturated rings. The third-order valence-electron chi connectivity index (χ3n) is 5.52. The Hall–Kier alpha value is -3.09. The van der Waals surface area contributed by atoms with Gasteiger partial charge in [-0.1, -0.05) is 0 Å². The first-order valence-electron chi connectivity index (χ1n) is 10.8. The van der Waals surface area contributed by atoms with Gasteiger partial charge in [0.25, 0.3) is 0 Å². The van der Waals surface area contributed by atoms with Crippen molar-refractivity contribution >= 4 is 23.3 Å². The first kappa shape index (κ1) is 22.6. The quantitative estimate of drug-likeness (QED) is 0.691. The number of carboxylic acids is 1. The molecule has 0 unspecified atom stereocenters. The number of benzene rings is 1. The average molecular weight is 426 g/mol. The highest BCUT2D eigenvalue weighted by atomic mass is 16.5. The second kappa shape index (κ2) is 10.3. The second-order valence-corrected chi connectivity index (χ2v) is 8.28.